The molecule has 0 amide bonds. The van der Waals surface area contributed by atoms with E-state index in [1.54, 1.807) is 43.0 Å². The van der Waals surface area contributed by atoms with E-state index < -0.39 is 5.97 Å². The van der Waals surface area contributed by atoms with Crippen LogP contribution in [0.3, 0.4) is 0 Å². The van der Waals surface area contributed by atoms with Gasteiger partial charge in [0.05, 0.1) is 18.8 Å². The van der Waals surface area contributed by atoms with Gasteiger partial charge in [-0.15, -0.1) is 17.0 Å². The molecule has 0 unspecified atom stereocenters. The number of carbonyl (C=O) groups excluding carboxylic acids is 2. The molecular weight excluding hydrogens is 534 g/mol. The SMILES string of the molecule is Br.CCOC(=O)/C(C)=C/c1ccc2c(n1)C(=N)N(CC(=O)c1cc(C(C)(C)C)c(O)c(C(C)(C)C)c1)C2. The summed E-state index contributed by atoms with van der Waals surface area (Å²) in [7, 11) is 0. The lowest BCUT2D eigenvalue weighted by Gasteiger charge is -2.28. The monoisotopic (exact) mass is 571 g/mol. The van der Waals surface area contributed by atoms with Crippen LogP contribution in [0.1, 0.15) is 93.8 Å². The van der Waals surface area contributed by atoms with Crippen LogP contribution in [0.15, 0.2) is 29.8 Å². The minimum atomic E-state index is -0.403. The van der Waals surface area contributed by atoms with Crippen molar-refractivity contribution >= 4 is 40.6 Å². The molecule has 0 radical (unpaired) electrons. The molecule has 0 atom stereocenters. The fraction of sp³-hybridized carbons (Fsp3) is 0.448. The number of carbonyl (C=O) groups is 2. The van der Waals surface area contributed by atoms with Crippen molar-refractivity contribution < 1.29 is 19.4 Å². The first kappa shape index (κ1) is 30.2. The normalized spacial score (nSPS) is 13.8. The van der Waals surface area contributed by atoms with E-state index in [9.17, 15) is 14.7 Å². The van der Waals surface area contributed by atoms with Crippen LogP contribution in [-0.2, 0) is 26.9 Å². The molecule has 7 nitrogen and oxygen atoms in total. The van der Waals surface area contributed by atoms with Crippen LogP contribution in [0.25, 0.3) is 6.08 Å². The quantitative estimate of drug-likeness (QED) is 0.252. The Balaban J connectivity index is 0.00000481. The standard InChI is InChI=1S/C29H37N3O4.BrH/c1-9-36-27(35)17(2)12-20-11-10-18-15-32(26(30)24(18)31-20)16-23(33)19-13-21(28(3,4)5)25(34)22(14-19)29(6,7)8;/h10-14,30,34H,9,15-16H2,1-8H3;1H/b17-12+,30-26?;. The van der Waals surface area contributed by atoms with Crippen LogP contribution in [0, 0.1) is 5.41 Å². The minimum absolute atomic E-state index is 0. The molecule has 3 rings (SSSR count). The first-order chi connectivity index (χ1) is 16.6. The summed E-state index contributed by atoms with van der Waals surface area (Å²) < 4.78 is 5.02. The van der Waals surface area contributed by atoms with Crippen LogP contribution in [0.4, 0.5) is 0 Å². The van der Waals surface area contributed by atoms with Gasteiger partial charge in [-0.3, -0.25) is 10.2 Å². The summed E-state index contributed by atoms with van der Waals surface area (Å²) in [6.07, 6.45) is 1.64. The highest BCUT2D eigenvalue weighted by Gasteiger charge is 2.31. The number of ketones is 1. The van der Waals surface area contributed by atoms with Crippen LogP contribution in [0.2, 0.25) is 0 Å². The Morgan fingerprint density at radius 3 is 2.19 bits per heavy atom. The van der Waals surface area contributed by atoms with Gasteiger partial charge in [0, 0.05) is 34.4 Å². The van der Waals surface area contributed by atoms with E-state index in [2.05, 4.69) is 4.98 Å². The number of nitrogens with one attached hydrogen (secondary N) is 1. The molecule has 0 fully saturated rings. The molecule has 1 aromatic carbocycles. The molecule has 0 aliphatic carbocycles. The molecule has 1 aliphatic heterocycles. The van der Waals surface area contributed by atoms with Crippen LogP contribution < -0.4 is 0 Å². The van der Waals surface area contributed by atoms with E-state index in [-0.39, 0.29) is 51.7 Å². The third kappa shape index (κ3) is 6.66. The topological polar surface area (TPSA) is 104 Å². The summed E-state index contributed by atoms with van der Waals surface area (Å²) in [5.41, 5.74) is 3.64. The van der Waals surface area contributed by atoms with E-state index in [0.29, 0.717) is 35.7 Å². The maximum absolute atomic E-state index is 13.4. The lowest BCUT2D eigenvalue weighted by Crippen LogP contribution is -2.31. The third-order valence-electron chi connectivity index (χ3n) is 6.25. The fourth-order valence-electron chi connectivity index (χ4n) is 4.21. The highest BCUT2D eigenvalue weighted by molar-refractivity contribution is 8.93. The van der Waals surface area contributed by atoms with Gasteiger partial charge in [0.25, 0.3) is 0 Å². The predicted octanol–water partition coefficient (Wildman–Crippen LogP) is 5.95. The molecule has 0 saturated heterocycles. The van der Waals surface area contributed by atoms with Crippen molar-refractivity contribution in [2.24, 2.45) is 0 Å². The summed E-state index contributed by atoms with van der Waals surface area (Å²) in [5.74, 6) is -0.119. The van der Waals surface area contributed by atoms with Gasteiger partial charge in [-0.05, 0) is 49.0 Å². The number of esters is 1. The van der Waals surface area contributed by atoms with E-state index in [0.717, 1.165) is 16.7 Å². The van der Waals surface area contributed by atoms with Gasteiger partial charge in [0.15, 0.2) is 5.78 Å². The van der Waals surface area contributed by atoms with Crippen molar-refractivity contribution in [3.8, 4) is 5.75 Å². The fourth-order valence-corrected chi connectivity index (χ4v) is 4.21. The van der Waals surface area contributed by atoms with Gasteiger partial charge in [-0.2, -0.15) is 0 Å². The molecule has 0 spiro atoms. The van der Waals surface area contributed by atoms with Gasteiger partial charge in [0.1, 0.15) is 17.3 Å². The van der Waals surface area contributed by atoms with Gasteiger partial charge in [-0.1, -0.05) is 47.6 Å². The maximum atomic E-state index is 13.4. The van der Waals surface area contributed by atoms with E-state index in [1.165, 1.54) is 0 Å². The Kier molecular flexibility index (Phi) is 9.13. The van der Waals surface area contributed by atoms with Gasteiger partial charge in [0.2, 0.25) is 0 Å². The lowest BCUT2D eigenvalue weighted by molar-refractivity contribution is -0.138. The number of phenolic OH excluding ortho intramolecular Hbond substituents is 1. The largest absolute Gasteiger partial charge is 0.507 e. The van der Waals surface area contributed by atoms with E-state index in [1.807, 2.05) is 47.6 Å². The zero-order valence-corrected chi connectivity index (χ0v) is 24.7. The van der Waals surface area contributed by atoms with Crippen molar-refractivity contribution in [2.75, 3.05) is 13.2 Å². The van der Waals surface area contributed by atoms with Gasteiger partial charge in [-0.25, -0.2) is 9.78 Å². The summed E-state index contributed by atoms with van der Waals surface area (Å²) in [5, 5.41) is 19.6. The molecule has 1 aliphatic rings. The van der Waals surface area contributed by atoms with Crippen molar-refractivity contribution in [1.82, 2.24) is 9.88 Å². The molecule has 0 saturated carbocycles. The second-order valence-electron chi connectivity index (χ2n) is 11.3. The first-order valence-electron chi connectivity index (χ1n) is 12.2. The molecule has 2 N–H and O–H groups in total. The second kappa shape index (κ2) is 11.2. The van der Waals surface area contributed by atoms with E-state index in [4.69, 9.17) is 10.1 Å². The van der Waals surface area contributed by atoms with Crippen molar-refractivity contribution in [3.05, 3.63) is 63.5 Å². The number of nitrogens with zero attached hydrogens (tertiary/aromatic N) is 2. The first-order valence-corrected chi connectivity index (χ1v) is 12.2. The third-order valence-corrected chi connectivity index (χ3v) is 6.25. The average molecular weight is 573 g/mol. The number of hydrogen-bond acceptors (Lipinski definition) is 6. The Hall–Kier alpha value is -3.00. The second-order valence-corrected chi connectivity index (χ2v) is 11.3. The number of aromatic nitrogens is 1. The van der Waals surface area contributed by atoms with Gasteiger partial charge < -0.3 is 14.7 Å². The summed E-state index contributed by atoms with van der Waals surface area (Å²) in [6, 6.07) is 7.23. The number of hydrogen-bond donors (Lipinski definition) is 2. The van der Waals surface area contributed by atoms with Crippen LogP contribution in [-0.4, -0.2) is 45.7 Å². The Labute approximate surface area is 230 Å². The molecule has 200 valence electrons. The van der Waals surface area contributed by atoms with Gasteiger partial charge >= 0.3 is 5.97 Å². The average Bonchev–Trinajstić information content (AvgIpc) is 3.07. The maximum Gasteiger partial charge on any atom is 0.333 e. The summed E-state index contributed by atoms with van der Waals surface area (Å²) in [6.45, 7) is 16.2. The number of fused-ring (bicyclic) bond motifs is 1. The van der Waals surface area contributed by atoms with E-state index >= 15 is 0 Å². The number of ether oxygens (including phenoxy) is 1. The number of benzene rings is 1. The molecule has 2 heterocycles. The van der Waals surface area contributed by atoms with Crippen molar-refractivity contribution in [3.63, 3.8) is 0 Å². The predicted molar refractivity (Wildman–Crippen MR) is 152 cm³/mol. The highest BCUT2D eigenvalue weighted by atomic mass is 79.9. The molecular formula is C29H38BrN3O4. The number of phenols is 1. The highest BCUT2D eigenvalue weighted by Crippen LogP contribution is 2.40. The molecule has 2 aromatic rings. The smallest absolute Gasteiger partial charge is 0.333 e. The number of halogens is 1. The Morgan fingerprint density at radius 2 is 1.68 bits per heavy atom. The van der Waals surface area contributed by atoms with Crippen LogP contribution in [0.5, 0.6) is 5.75 Å². The van der Waals surface area contributed by atoms with Crippen LogP contribution >= 0.6 is 17.0 Å². The van der Waals surface area contributed by atoms with Crippen molar-refractivity contribution in [2.45, 2.75) is 72.8 Å². The molecule has 8 heteroatoms. The number of Topliss-reactive ketones (excluding diaryl/α,β-unsaturated/α-hetero) is 1. The summed E-state index contributed by atoms with van der Waals surface area (Å²) >= 11 is 0. The lowest BCUT2D eigenvalue weighted by atomic mass is 9.78. The zero-order valence-electron chi connectivity index (χ0n) is 23.0. The Bertz CT molecular complexity index is 1220. The number of aromatic hydroxyl groups is 1. The zero-order chi connectivity index (χ0) is 27.0. The number of amidine groups is 1. The number of rotatable bonds is 6. The minimum Gasteiger partial charge on any atom is -0.507 e. The van der Waals surface area contributed by atoms with Crippen molar-refractivity contribution in [1.29, 1.82) is 5.41 Å². The molecule has 37 heavy (non-hydrogen) atoms. The molecule has 1 aromatic heterocycles. The number of pyridine rings is 1. The molecule has 0 bridgehead atoms. The summed E-state index contributed by atoms with van der Waals surface area (Å²) in [4.78, 5) is 31.6. The Morgan fingerprint density at radius 1 is 1.11 bits per heavy atom.